The Morgan fingerprint density at radius 3 is 2.00 bits per heavy atom. The maximum atomic E-state index is 8.80. The normalized spacial score (nSPS) is 13.2. The quantitative estimate of drug-likeness (QED) is 0.347. The summed E-state index contributed by atoms with van der Waals surface area (Å²) in [6, 6.07) is 0. The molecule has 0 aromatic carbocycles. The van der Waals surface area contributed by atoms with Crippen LogP contribution in [0.1, 0.15) is 44.9 Å². The third-order valence-electron chi connectivity index (χ3n) is 2.10. The zero-order chi connectivity index (χ0) is 9.94. The van der Waals surface area contributed by atoms with Crippen molar-refractivity contribution in [1.82, 2.24) is 0 Å². The monoisotopic (exact) mass is 410 g/mol. The lowest BCUT2D eigenvalue weighted by atomic mass is 10.1. The highest BCUT2D eigenvalue weighted by Gasteiger charge is 2.00. The molecule has 3 heteroatoms. The molecule has 0 radical (unpaired) electrons. The van der Waals surface area contributed by atoms with Crippen LogP contribution in [0.3, 0.4) is 0 Å². The fraction of sp³-hybridized carbons (Fsp3) is 1.00. The van der Waals surface area contributed by atoms with Gasteiger partial charge in [-0.2, -0.15) is 0 Å². The number of aliphatic hydroxyl groups is 1. The van der Waals surface area contributed by atoms with Gasteiger partial charge < -0.3 is 5.11 Å². The van der Waals surface area contributed by atoms with Crippen molar-refractivity contribution in [3.63, 3.8) is 0 Å². The van der Waals surface area contributed by atoms with Gasteiger partial charge in [0.1, 0.15) is 0 Å². The molecule has 0 aromatic rings. The second kappa shape index (κ2) is 11.5. The number of hydrogen-bond donors (Lipinski definition) is 1. The Balaban J connectivity index is 2.91. The van der Waals surface area contributed by atoms with Crippen LogP contribution in [0.5, 0.6) is 0 Å². The van der Waals surface area contributed by atoms with Crippen LogP contribution in [0.2, 0.25) is 0 Å². The SMILES string of the molecule is OCC(I)CCCCCCCCI. The molecule has 0 aliphatic heterocycles. The highest BCUT2D eigenvalue weighted by molar-refractivity contribution is 14.1. The van der Waals surface area contributed by atoms with Crippen LogP contribution in [0, 0.1) is 0 Å². The van der Waals surface area contributed by atoms with Crippen molar-refractivity contribution < 1.29 is 5.11 Å². The first-order valence-corrected chi connectivity index (χ1v) is 7.89. The van der Waals surface area contributed by atoms with Gasteiger partial charge in [0.05, 0.1) is 6.61 Å². The molecule has 1 N–H and O–H groups in total. The van der Waals surface area contributed by atoms with Gasteiger partial charge in [-0.05, 0) is 17.3 Å². The number of aliphatic hydroxyl groups excluding tert-OH is 1. The van der Waals surface area contributed by atoms with Crippen molar-refractivity contribution in [1.29, 1.82) is 0 Å². The number of alkyl halides is 2. The van der Waals surface area contributed by atoms with E-state index in [9.17, 15) is 0 Å². The van der Waals surface area contributed by atoms with Gasteiger partial charge in [-0.1, -0.05) is 77.3 Å². The fourth-order valence-electron chi connectivity index (χ4n) is 1.26. The molecular weight excluding hydrogens is 390 g/mol. The van der Waals surface area contributed by atoms with Crippen LogP contribution < -0.4 is 0 Å². The summed E-state index contributed by atoms with van der Waals surface area (Å²) in [6.07, 6.45) is 9.38. The van der Waals surface area contributed by atoms with Gasteiger partial charge in [0.25, 0.3) is 0 Å². The summed E-state index contributed by atoms with van der Waals surface area (Å²) in [6.45, 7) is 0.343. The maximum Gasteiger partial charge on any atom is 0.0548 e. The molecule has 13 heavy (non-hydrogen) atoms. The van der Waals surface area contributed by atoms with Crippen LogP contribution >= 0.6 is 45.2 Å². The lowest BCUT2D eigenvalue weighted by molar-refractivity contribution is 0.293. The Kier molecular flexibility index (Phi) is 12.8. The van der Waals surface area contributed by atoms with Gasteiger partial charge >= 0.3 is 0 Å². The van der Waals surface area contributed by atoms with Crippen molar-refractivity contribution in [3.05, 3.63) is 0 Å². The average Bonchev–Trinajstić information content (AvgIpc) is 2.16. The second-order valence-electron chi connectivity index (χ2n) is 3.38. The Morgan fingerprint density at radius 1 is 0.923 bits per heavy atom. The molecule has 0 spiro atoms. The molecule has 1 unspecified atom stereocenters. The molecule has 0 amide bonds. The minimum Gasteiger partial charge on any atom is -0.395 e. The van der Waals surface area contributed by atoms with Gasteiger partial charge in [-0.25, -0.2) is 0 Å². The van der Waals surface area contributed by atoms with E-state index in [1.54, 1.807) is 0 Å². The molecule has 0 heterocycles. The van der Waals surface area contributed by atoms with Crippen LogP contribution in [-0.4, -0.2) is 20.1 Å². The van der Waals surface area contributed by atoms with Gasteiger partial charge in [-0.15, -0.1) is 0 Å². The minimum atomic E-state index is 0.343. The van der Waals surface area contributed by atoms with Gasteiger partial charge in [0.2, 0.25) is 0 Å². The van der Waals surface area contributed by atoms with E-state index in [0.29, 0.717) is 10.5 Å². The molecule has 0 saturated heterocycles. The zero-order valence-corrected chi connectivity index (χ0v) is 12.5. The lowest BCUT2D eigenvalue weighted by Crippen LogP contribution is -2.02. The molecule has 0 rings (SSSR count). The molecule has 1 nitrogen and oxygen atoms in total. The van der Waals surface area contributed by atoms with Crippen molar-refractivity contribution in [2.24, 2.45) is 0 Å². The van der Waals surface area contributed by atoms with Gasteiger partial charge in [0.15, 0.2) is 0 Å². The molecule has 80 valence electrons. The van der Waals surface area contributed by atoms with E-state index in [0.717, 1.165) is 0 Å². The molecule has 0 aliphatic rings. The first-order chi connectivity index (χ1) is 6.31. The van der Waals surface area contributed by atoms with Crippen molar-refractivity contribution >= 4 is 45.2 Å². The number of rotatable bonds is 9. The smallest absolute Gasteiger partial charge is 0.0548 e. The fourth-order valence-corrected chi connectivity index (χ4v) is 2.24. The Labute approximate surface area is 109 Å². The van der Waals surface area contributed by atoms with Crippen LogP contribution in [-0.2, 0) is 0 Å². The highest BCUT2D eigenvalue weighted by atomic mass is 127. The van der Waals surface area contributed by atoms with E-state index in [1.807, 2.05) is 0 Å². The van der Waals surface area contributed by atoms with Crippen LogP contribution in [0.4, 0.5) is 0 Å². The second-order valence-corrected chi connectivity index (χ2v) is 6.22. The number of unbranched alkanes of at least 4 members (excludes halogenated alkanes) is 5. The summed E-state index contributed by atoms with van der Waals surface area (Å²) in [5.74, 6) is 0. The topological polar surface area (TPSA) is 20.2 Å². The molecule has 0 aliphatic carbocycles. The molecule has 0 aromatic heterocycles. The predicted molar refractivity (Wildman–Crippen MR) is 76.1 cm³/mol. The van der Waals surface area contributed by atoms with Crippen molar-refractivity contribution in [2.45, 2.75) is 48.9 Å². The van der Waals surface area contributed by atoms with E-state index in [1.165, 1.54) is 49.4 Å². The minimum absolute atomic E-state index is 0.343. The molecule has 0 fully saturated rings. The van der Waals surface area contributed by atoms with Gasteiger partial charge in [0, 0.05) is 3.92 Å². The number of halogens is 2. The Bertz CT molecular complexity index is 98.9. The van der Waals surface area contributed by atoms with E-state index < -0.39 is 0 Å². The van der Waals surface area contributed by atoms with E-state index >= 15 is 0 Å². The molecule has 0 bridgehead atoms. The summed E-state index contributed by atoms with van der Waals surface area (Å²) in [7, 11) is 0. The van der Waals surface area contributed by atoms with Crippen LogP contribution in [0.15, 0.2) is 0 Å². The van der Waals surface area contributed by atoms with Crippen LogP contribution in [0.25, 0.3) is 0 Å². The standard InChI is InChI=1S/C10H20I2O/c11-8-6-4-2-1-3-5-7-10(12)9-13/h10,13H,1-9H2. The number of hydrogen-bond acceptors (Lipinski definition) is 1. The first kappa shape index (κ1) is 14.4. The predicted octanol–water partition coefficient (Wildman–Crippen LogP) is 3.95. The lowest BCUT2D eigenvalue weighted by Gasteiger charge is -2.05. The summed E-state index contributed by atoms with van der Waals surface area (Å²) in [5, 5.41) is 8.80. The Hall–Kier alpha value is 1.42. The highest BCUT2D eigenvalue weighted by Crippen LogP contribution is 2.13. The Morgan fingerprint density at radius 2 is 1.46 bits per heavy atom. The average molecular weight is 410 g/mol. The maximum absolute atomic E-state index is 8.80. The van der Waals surface area contributed by atoms with E-state index in [-0.39, 0.29) is 0 Å². The third-order valence-corrected chi connectivity index (χ3v) is 3.88. The largest absolute Gasteiger partial charge is 0.395 e. The van der Waals surface area contributed by atoms with E-state index in [4.69, 9.17) is 5.11 Å². The molecule has 0 saturated carbocycles. The molecular formula is C10H20I2O. The summed E-state index contributed by atoms with van der Waals surface area (Å²) in [4.78, 5) is 0. The first-order valence-electron chi connectivity index (χ1n) is 5.12. The van der Waals surface area contributed by atoms with Crippen molar-refractivity contribution in [3.8, 4) is 0 Å². The van der Waals surface area contributed by atoms with Gasteiger partial charge in [-0.3, -0.25) is 0 Å². The summed E-state index contributed by atoms with van der Waals surface area (Å²) >= 11 is 4.77. The third kappa shape index (κ3) is 11.3. The molecule has 1 atom stereocenters. The summed E-state index contributed by atoms with van der Waals surface area (Å²) in [5.41, 5.74) is 0. The van der Waals surface area contributed by atoms with Crippen molar-refractivity contribution in [2.75, 3.05) is 11.0 Å². The summed E-state index contributed by atoms with van der Waals surface area (Å²) < 4.78 is 1.78. The van der Waals surface area contributed by atoms with E-state index in [2.05, 4.69) is 45.2 Å². The zero-order valence-electron chi connectivity index (χ0n) is 8.14.